The van der Waals surface area contributed by atoms with Crippen molar-refractivity contribution < 1.29 is 25.6 Å². The lowest BCUT2D eigenvalue weighted by molar-refractivity contribution is -0.0460. The molecule has 0 spiro atoms. The maximum absolute atomic E-state index is 10.3. The summed E-state index contributed by atoms with van der Waals surface area (Å²) in [5, 5.41) is 50.4. The van der Waals surface area contributed by atoms with Crippen LogP contribution in [0.1, 0.15) is 51.9 Å². The number of oxime groups is 1. The van der Waals surface area contributed by atoms with Crippen LogP contribution in [-0.2, 0) is 0 Å². The van der Waals surface area contributed by atoms with Gasteiger partial charge in [-0.3, -0.25) is 0 Å². The molecule has 1 aliphatic carbocycles. The minimum Gasteiger partial charge on any atom is -0.411 e. The summed E-state index contributed by atoms with van der Waals surface area (Å²) >= 11 is 0. The molecule has 1 aliphatic rings. The van der Waals surface area contributed by atoms with Crippen LogP contribution < -0.4 is 0 Å². The number of aliphatic hydroxyl groups excluding tert-OH is 3. The van der Waals surface area contributed by atoms with Crippen LogP contribution in [0.3, 0.4) is 0 Å². The normalized spacial score (nSPS) is 27.0. The predicted molar refractivity (Wildman–Crippen MR) is 102 cm³/mol. The molecule has 0 saturated heterocycles. The van der Waals surface area contributed by atoms with Crippen LogP contribution in [0, 0.1) is 11.8 Å². The van der Waals surface area contributed by atoms with Gasteiger partial charge in [0.05, 0.1) is 17.9 Å². The van der Waals surface area contributed by atoms with Gasteiger partial charge in [-0.15, -0.1) is 0 Å². The molecule has 0 heterocycles. The first-order valence-electron chi connectivity index (χ1n) is 9.41. The number of allylic oxidation sites excluding steroid dienone is 4. The maximum Gasteiger partial charge on any atom is 0.151 e. The number of nitrogens with zero attached hydrogens (tertiary/aromatic N) is 1. The molecular formula is C20H33NO5. The maximum atomic E-state index is 10.3. The van der Waals surface area contributed by atoms with Gasteiger partial charge in [0, 0.05) is 18.3 Å². The average Bonchev–Trinajstić information content (AvgIpc) is 2.91. The molecule has 0 aromatic carbocycles. The highest BCUT2D eigenvalue weighted by Gasteiger charge is 2.38. The Morgan fingerprint density at radius 2 is 1.92 bits per heavy atom. The molecule has 26 heavy (non-hydrogen) atoms. The fourth-order valence-corrected chi connectivity index (χ4v) is 3.17. The van der Waals surface area contributed by atoms with Gasteiger partial charge < -0.3 is 25.6 Å². The standard InChI is InChI=1S/C20H33NO5/c1-2-3-6-9-15(22)12-13-16-17(19(23)14-18(16)21-26)10-7-4-5-8-11-20(24)25/h3-4,6-7,12-13,15-17,19-20,22-26H,2,5,8-11,14H2,1H3/b6-3+,7-4-,13-12+,21-18-/t15?,16-,17-,19+/m1/s1. The lowest BCUT2D eigenvalue weighted by Crippen LogP contribution is -2.19. The van der Waals surface area contributed by atoms with Gasteiger partial charge >= 0.3 is 0 Å². The Kier molecular flexibility index (Phi) is 11.1. The number of rotatable bonds is 11. The van der Waals surface area contributed by atoms with E-state index >= 15 is 0 Å². The lowest BCUT2D eigenvalue weighted by Gasteiger charge is -2.17. The van der Waals surface area contributed by atoms with Crippen molar-refractivity contribution in [2.24, 2.45) is 17.0 Å². The molecule has 1 saturated carbocycles. The highest BCUT2D eigenvalue weighted by molar-refractivity contribution is 5.90. The van der Waals surface area contributed by atoms with E-state index in [0.29, 0.717) is 37.8 Å². The van der Waals surface area contributed by atoms with Crippen LogP contribution in [0.2, 0.25) is 0 Å². The van der Waals surface area contributed by atoms with Gasteiger partial charge in [-0.05, 0) is 38.5 Å². The van der Waals surface area contributed by atoms with Crippen molar-refractivity contribution in [3.63, 3.8) is 0 Å². The number of aliphatic hydroxyl groups is 4. The third-order valence-electron chi connectivity index (χ3n) is 4.62. The van der Waals surface area contributed by atoms with Crippen LogP contribution >= 0.6 is 0 Å². The Morgan fingerprint density at radius 1 is 1.15 bits per heavy atom. The molecule has 0 amide bonds. The van der Waals surface area contributed by atoms with E-state index in [2.05, 4.69) is 5.16 Å². The van der Waals surface area contributed by atoms with Crippen molar-refractivity contribution in [3.05, 3.63) is 36.5 Å². The Hall–Kier alpha value is -1.47. The topological polar surface area (TPSA) is 114 Å². The molecule has 4 atom stereocenters. The quantitative estimate of drug-likeness (QED) is 0.127. The highest BCUT2D eigenvalue weighted by atomic mass is 16.5. The number of hydrogen-bond acceptors (Lipinski definition) is 6. The Balaban J connectivity index is 2.60. The van der Waals surface area contributed by atoms with Crippen molar-refractivity contribution >= 4 is 5.71 Å². The van der Waals surface area contributed by atoms with E-state index in [9.17, 15) is 15.4 Å². The van der Waals surface area contributed by atoms with Crippen molar-refractivity contribution in [2.75, 3.05) is 0 Å². The Bertz CT molecular complexity index is 498. The van der Waals surface area contributed by atoms with Crippen LogP contribution in [0.5, 0.6) is 0 Å². The van der Waals surface area contributed by atoms with E-state index in [0.717, 1.165) is 12.8 Å². The number of unbranched alkanes of at least 4 members (excludes halogenated alkanes) is 1. The van der Waals surface area contributed by atoms with Gasteiger partial charge in [-0.25, -0.2) is 0 Å². The van der Waals surface area contributed by atoms with Gasteiger partial charge in [0.15, 0.2) is 6.29 Å². The molecule has 1 rings (SSSR count). The fraction of sp³-hybridized carbons (Fsp3) is 0.650. The largest absolute Gasteiger partial charge is 0.411 e. The number of hydrogen-bond donors (Lipinski definition) is 5. The molecule has 0 radical (unpaired) electrons. The van der Waals surface area contributed by atoms with Gasteiger partial charge in [0.2, 0.25) is 0 Å². The molecule has 0 bridgehead atoms. The Morgan fingerprint density at radius 3 is 2.58 bits per heavy atom. The average molecular weight is 367 g/mol. The zero-order valence-electron chi connectivity index (χ0n) is 15.5. The molecule has 148 valence electrons. The van der Waals surface area contributed by atoms with E-state index in [1.807, 2.05) is 37.3 Å². The molecule has 6 nitrogen and oxygen atoms in total. The second-order valence-electron chi connectivity index (χ2n) is 6.74. The van der Waals surface area contributed by atoms with Crippen LogP contribution in [0.4, 0.5) is 0 Å². The lowest BCUT2D eigenvalue weighted by atomic mass is 9.90. The molecule has 1 unspecified atom stereocenters. The monoisotopic (exact) mass is 367 g/mol. The fourth-order valence-electron chi connectivity index (χ4n) is 3.17. The minimum absolute atomic E-state index is 0.102. The highest BCUT2D eigenvalue weighted by Crippen LogP contribution is 2.34. The molecule has 0 aromatic rings. The molecule has 1 fully saturated rings. The van der Waals surface area contributed by atoms with Crippen molar-refractivity contribution in [1.82, 2.24) is 0 Å². The van der Waals surface area contributed by atoms with Crippen LogP contribution in [0.15, 0.2) is 41.6 Å². The molecule has 5 N–H and O–H groups in total. The Labute approximate surface area is 155 Å². The van der Waals surface area contributed by atoms with E-state index in [1.165, 1.54) is 0 Å². The first-order valence-corrected chi connectivity index (χ1v) is 9.41. The first-order chi connectivity index (χ1) is 12.5. The molecule has 0 aliphatic heterocycles. The second kappa shape index (κ2) is 12.8. The third-order valence-corrected chi connectivity index (χ3v) is 4.62. The van der Waals surface area contributed by atoms with Crippen molar-refractivity contribution in [2.45, 2.75) is 70.4 Å². The van der Waals surface area contributed by atoms with Crippen molar-refractivity contribution in [1.29, 1.82) is 0 Å². The van der Waals surface area contributed by atoms with Gasteiger partial charge in [0.25, 0.3) is 0 Å². The van der Waals surface area contributed by atoms with E-state index < -0.39 is 18.5 Å². The van der Waals surface area contributed by atoms with Gasteiger partial charge in [-0.1, -0.05) is 48.5 Å². The summed E-state index contributed by atoms with van der Waals surface area (Å²) in [6, 6.07) is 0. The first kappa shape index (κ1) is 22.6. The summed E-state index contributed by atoms with van der Waals surface area (Å²) in [6.07, 6.45) is 13.1. The molecular weight excluding hydrogens is 334 g/mol. The summed E-state index contributed by atoms with van der Waals surface area (Å²) in [4.78, 5) is 0. The summed E-state index contributed by atoms with van der Waals surface area (Å²) in [5.74, 6) is -0.307. The van der Waals surface area contributed by atoms with Gasteiger partial charge in [-0.2, -0.15) is 0 Å². The summed E-state index contributed by atoms with van der Waals surface area (Å²) in [7, 11) is 0. The second-order valence-corrected chi connectivity index (χ2v) is 6.74. The summed E-state index contributed by atoms with van der Waals surface area (Å²) < 4.78 is 0. The summed E-state index contributed by atoms with van der Waals surface area (Å²) in [5.41, 5.74) is 0.534. The zero-order chi connectivity index (χ0) is 19.4. The minimum atomic E-state index is -1.27. The predicted octanol–water partition coefficient (Wildman–Crippen LogP) is 2.51. The zero-order valence-corrected chi connectivity index (χ0v) is 15.5. The van der Waals surface area contributed by atoms with Crippen molar-refractivity contribution in [3.8, 4) is 0 Å². The SMILES string of the molecule is CC/C=C/CC(O)/C=C/[C@H]1/C(=N\O)C[C@H](O)[C@@H]1C/C=C\CCCC(O)O. The molecule has 0 aromatic heterocycles. The van der Waals surface area contributed by atoms with E-state index in [4.69, 9.17) is 10.2 Å². The van der Waals surface area contributed by atoms with E-state index in [-0.39, 0.29) is 11.8 Å². The van der Waals surface area contributed by atoms with E-state index in [1.54, 1.807) is 6.08 Å². The van der Waals surface area contributed by atoms with Gasteiger partial charge in [0.1, 0.15) is 0 Å². The molecule has 6 heteroatoms. The van der Waals surface area contributed by atoms with Crippen LogP contribution in [0.25, 0.3) is 0 Å². The van der Waals surface area contributed by atoms with Crippen LogP contribution in [-0.4, -0.2) is 49.8 Å². The third kappa shape index (κ3) is 8.27. The smallest absolute Gasteiger partial charge is 0.151 e. The summed E-state index contributed by atoms with van der Waals surface area (Å²) in [6.45, 7) is 2.03.